The van der Waals surface area contributed by atoms with Gasteiger partial charge in [0.05, 0.1) is 11.8 Å². The van der Waals surface area contributed by atoms with E-state index in [4.69, 9.17) is 4.74 Å². The van der Waals surface area contributed by atoms with Crippen molar-refractivity contribution in [2.45, 2.75) is 26.9 Å². The highest BCUT2D eigenvalue weighted by atomic mass is 16.5. The van der Waals surface area contributed by atoms with E-state index in [1.54, 1.807) is 6.08 Å². The van der Waals surface area contributed by atoms with Crippen LogP contribution in [0, 0.1) is 6.92 Å². The average Bonchev–Trinajstić information content (AvgIpc) is 2.48. The Bertz CT molecular complexity index is 657. The van der Waals surface area contributed by atoms with E-state index < -0.39 is 0 Å². The summed E-state index contributed by atoms with van der Waals surface area (Å²) in [6.45, 7) is 5.94. The lowest BCUT2D eigenvalue weighted by molar-refractivity contribution is -0.111. The number of aryl methyl sites for hydroxylation is 1. The van der Waals surface area contributed by atoms with Gasteiger partial charge in [-0.05, 0) is 44.5 Å². The molecule has 0 aliphatic carbocycles. The molecule has 2 aromatic carbocycles. The van der Waals surface area contributed by atoms with E-state index in [0.717, 1.165) is 5.56 Å². The van der Waals surface area contributed by atoms with Crippen LogP contribution in [0.15, 0.2) is 54.6 Å². The molecule has 0 bridgehead atoms. The second-order valence-corrected chi connectivity index (χ2v) is 5.40. The normalized spacial score (nSPS) is 10.9. The van der Waals surface area contributed by atoms with Gasteiger partial charge >= 0.3 is 0 Å². The van der Waals surface area contributed by atoms with E-state index in [-0.39, 0.29) is 12.0 Å². The predicted octanol–water partition coefficient (Wildman–Crippen LogP) is 4.43. The van der Waals surface area contributed by atoms with Gasteiger partial charge in [-0.25, -0.2) is 0 Å². The molecule has 0 fully saturated rings. The number of hydrogen-bond acceptors (Lipinski definition) is 2. The molecule has 0 saturated carbocycles. The van der Waals surface area contributed by atoms with Crippen molar-refractivity contribution in [2.75, 3.05) is 5.32 Å². The minimum atomic E-state index is -0.180. The first-order chi connectivity index (χ1) is 10.5. The summed E-state index contributed by atoms with van der Waals surface area (Å²) in [5, 5.41) is 2.85. The van der Waals surface area contributed by atoms with Gasteiger partial charge in [-0.1, -0.05) is 42.0 Å². The zero-order valence-corrected chi connectivity index (χ0v) is 13.2. The Morgan fingerprint density at radius 1 is 1.09 bits per heavy atom. The van der Waals surface area contributed by atoms with E-state index in [0.29, 0.717) is 11.4 Å². The summed E-state index contributed by atoms with van der Waals surface area (Å²) in [5.74, 6) is 0.495. The van der Waals surface area contributed by atoms with Crippen LogP contribution in [0.25, 0.3) is 6.08 Å². The molecule has 114 valence electrons. The Kier molecular flexibility index (Phi) is 5.37. The third-order valence-corrected chi connectivity index (χ3v) is 3.01. The summed E-state index contributed by atoms with van der Waals surface area (Å²) in [7, 11) is 0. The molecule has 0 spiro atoms. The summed E-state index contributed by atoms with van der Waals surface area (Å²) in [4.78, 5) is 12.0. The lowest BCUT2D eigenvalue weighted by Gasteiger charge is -2.14. The van der Waals surface area contributed by atoms with Crippen LogP contribution in [0.2, 0.25) is 0 Å². The van der Waals surface area contributed by atoms with Crippen LogP contribution in [-0.2, 0) is 4.79 Å². The number of anilines is 1. The molecule has 0 aromatic heterocycles. The van der Waals surface area contributed by atoms with Crippen molar-refractivity contribution < 1.29 is 9.53 Å². The number of amides is 1. The van der Waals surface area contributed by atoms with Crippen molar-refractivity contribution in [1.29, 1.82) is 0 Å². The molecule has 0 saturated heterocycles. The number of benzene rings is 2. The molecule has 0 atom stereocenters. The van der Waals surface area contributed by atoms with Crippen LogP contribution < -0.4 is 10.1 Å². The SMILES string of the molecule is Cc1ccc(/C=C/C(=O)Nc2ccccc2OC(C)C)cc1. The van der Waals surface area contributed by atoms with Crippen LogP contribution in [0.4, 0.5) is 5.69 Å². The van der Waals surface area contributed by atoms with Crippen molar-refractivity contribution in [3.05, 3.63) is 65.7 Å². The monoisotopic (exact) mass is 295 g/mol. The third kappa shape index (κ3) is 4.77. The number of carbonyl (C=O) groups is 1. The Labute approximate surface area is 131 Å². The second-order valence-electron chi connectivity index (χ2n) is 5.40. The maximum absolute atomic E-state index is 12.0. The molecule has 3 nitrogen and oxygen atoms in total. The molecule has 22 heavy (non-hydrogen) atoms. The smallest absolute Gasteiger partial charge is 0.248 e. The molecule has 2 aromatic rings. The maximum Gasteiger partial charge on any atom is 0.248 e. The molecular weight excluding hydrogens is 274 g/mol. The van der Waals surface area contributed by atoms with Gasteiger partial charge in [-0.15, -0.1) is 0 Å². The summed E-state index contributed by atoms with van der Waals surface area (Å²) < 4.78 is 5.68. The topological polar surface area (TPSA) is 38.3 Å². The highest BCUT2D eigenvalue weighted by molar-refractivity contribution is 6.02. The lowest BCUT2D eigenvalue weighted by Crippen LogP contribution is -2.12. The fraction of sp³-hybridized carbons (Fsp3) is 0.211. The van der Waals surface area contributed by atoms with E-state index in [2.05, 4.69) is 5.32 Å². The zero-order chi connectivity index (χ0) is 15.9. The fourth-order valence-corrected chi connectivity index (χ4v) is 1.95. The summed E-state index contributed by atoms with van der Waals surface area (Å²) in [6.07, 6.45) is 3.37. The maximum atomic E-state index is 12.0. The van der Waals surface area contributed by atoms with Crippen molar-refractivity contribution in [1.82, 2.24) is 0 Å². The molecule has 2 rings (SSSR count). The Balaban J connectivity index is 2.04. The molecule has 1 N–H and O–H groups in total. The van der Waals surface area contributed by atoms with Gasteiger partial charge in [-0.3, -0.25) is 4.79 Å². The van der Waals surface area contributed by atoms with Gasteiger partial charge in [0.25, 0.3) is 0 Å². The van der Waals surface area contributed by atoms with E-state index >= 15 is 0 Å². The quantitative estimate of drug-likeness (QED) is 0.828. The van der Waals surface area contributed by atoms with Crippen molar-refractivity contribution in [2.24, 2.45) is 0 Å². The molecule has 0 aliphatic rings. The minimum absolute atomic E-state index is 0.0566. The predicted molar refractivity (Wildman–Crippen MR) is 91.0 cm³/mol. The summed E-state index contributed by atoms with van der Waals surface area (Å²) in [6, 6.07) is 15.4. The van der Waals surface area contributed by atoms with Crippen LogP contribution in [0.5, 0.6) is 5.75 Å². The van der Waals surface area contributed by atoms with Crippen LogP contribution in [0.1, 0.15) is 25.0 Å². The van der Waals surface area contributed by atoms with Crippen molar-refractivity contribution in [3.63, 3.8) is 0 Å². The van der Waals surface area contributed by atoms with E-state index in [9.17, 15) is 4.79 Å². The van der Waals surface area contributed by atoms with Gasteiger partial charge in [0.15, 0.2) is 0 Å². The Morgan fingerprint density at radius 3 is 2.45 bits per heavy atom. The van der Waals surface area contributed by atoms with Gasteiger partial charge in [0.2, 0.25) is 5.91 Å². The van der Waals surface area contributed by atoms with Gasteiger partial charge < -0.3 is 10.1 Å². The first kappa shape index (κ1) is 15.8. The molecule has 0 aliphatic heterocycles. The van der Waals surface area contributed by atoms with Crippen LogP contribution >= 0.6 is 0 Å². The second kappa shape index (κ2) is 7.46. The fourth-order valence-electron chi connectivity index (χ4n) is 1.95. The molecule has 1 amide bonds. The largest absolute Gasteiger partial charge is 0.489 e. The highest BCUT2D eigenvalue weighted by Gasteiger charge is 2.06. The lowest BCUT2D eigenvalue weighted by atomic mass is 10.1. The Hall–Kier alpha value is -2.55. The number of nitrogens with one attached hydrogen (secondary N) is 1. The standard InChI is InChI=1S/C19H21NO2/c1-14(2)22-18-7-5-4-6-17(18)20-19(21)13-12-16-10-8-15(3)9-11-16/h4-14H,1-3H3,(H,20,21)/b13-12+. The van der Waals surface area contributed by atoms with Crippen LogP contribution in [0.3, 0.4) is 0 Å². The molecule has 0 unspecified atom stereocenters. The zero-order valence-electron chi connectivity index (χ0n) is 13.2. The van der Waals surface area contributed by atoms with Gasteiger partial charge in [0, 0.05) is 6.08 Å². The summed E-state index contributed by atoms with van der Waals surface area (Å²) >= 11 is 0. The third-order valence-electron chi connectivity index (χ3n) is 3.01. The number of ether oxygens (including phenoxy) is 1. The molecule has 3 heteroatoms. The van der Waals surface area contributed by atoms with Crippen molar-refractivity contribution >= 4 is 17.7 Å². The molecular formula is C19H21NO2. The average molecular weight is 295 g/mol. The Morgan fingerprint density at radius 2 is 1.77 bits per heavy atom. The van der Waals surface area contributed by atoms with Crippen LogP contribution in [-0.4, -0.2) is 12.0 Å². The number of carbonyl (C=O) groups excluding carboxylic acids is 1. The van der Waals surface area contributed by atoms with Gasteiger partial charge in [0.1, 0.15) is 5.75 Å². The number of para-hydroxylation sites is 2. The number of rotatable bonds is 5. The molecule has 0 heterocycles. The first-order valence-electron chi connectivity index (χ1n) is 7.36. The summed E-state index contributed by atoms with van der Waals surface area (Å²) in [5.41, 5.74) is 2.86. The number of hydrogen-bond donors (Lipinski definition) is 1. The van der Waals surface area contributed by atoms with Gasteiger partial charge in [-0.2, -0.15) is 0 Å². The highest BCUT2D eigenvalue weighted by Crippen LogP contribution is 2.24. The van der Waals surface area contributed by atoms with E-state index in [1.165, 1.54) is 11.6 Å². The van der Waals surface area contributed by atoms with E-state index in [1.807, 2.05) is 69.3 Å². The first-order valence-corrected chi connectivity index (χ1v) is 7.36. The van der Waals surface area contributed by atoms with Crippen molar-refractivity contribution in [3.8, 4) is 5.75 Å². The molecule has 0 radical (unpaired) electrons. The minimum Gasteiger partial charge on any atom is -0.489 e.